The van der Waals surface area contributed by atoms with Gasteiger partial charge in [0.05, 0.1) is 18.3 Å². The molecule has 7 heteroatoms. The van der Waals surface area contributed by atoms with Gasteiger partial charge in [0.25, 0.3) is 0 Å². The summed E-state index contributed by atoms with van der Waals surface area (Å²) in [6.07, 6.45) is 10.4. The minimum atomic E-state index is -0.574. The second-order valence-electron chi connectivity index (χ2n) is 7.43. The summed E-state index contributed by atoms with van der Waals surface area (Å²) in [5, 5.41) is 18.2. The summed E-state index contributed by atoms with van der Waals surface area (Å²) in [6.45, 7) is 5.55. The summed E-state index contributed by atoms with van der Waals surface area (Å²) < 4.78 is 1.87. The summed E-state index contributed by atoms with van der Waals surface area (Å²) in [6, 6.07) is 0. The van der Waals surface area contributed by atoms with Crippen LogP contribution in [0.15, 0.2) is 17.4 Å². The van der Waals surface area contributed by atoms with Crippen molar-refractivity contribution in [2.75, 3.05) is 26.2 Å². The van der Waals surface area contributed by atoms with Crippen LogP contribution in [0.3, 0.4) is 0 Å². The molecule has 142 valence electrons. The van der Waals surface area contributed by atoms with Gasteiger partial charge in [0.1, 0.15) is 0 Å². The van der Waals surface area contributed by atoms with Gasteiger partial charge in [-0.15, -0.1) is 24.0 Å². The van der Waals surface area contributed by atoms with E-state index in [1.54, 1.807) is 0 Å². The highest BCUT2D eigenvalue weighted by Crippen LogP contribution is 2.29. The minimum Gasteiger partial charge on any atom is -0.388 e. The van der Waals surface area contributed by atoms with Crippen LogP contribution in [0.4, 0.5) is 0 Å². The van der Waals surface area contributed by atoms with Crippen LogP contribution in [0.25, 0.3) is 0 Å². The molecule has 1 aliphatic heterocycles. The molecular formula is C18H32IN5O. The van der Waals surface area contributed by atoms with Crippen LogP contribution in [-0.4, -0.2) is 57.5 Å². The predicted molar refractivity (Wildman–Crippen MR) is 111 cm³/mol. The Morgan fingerprint density at radius 1 is 1.44 bits per heavy atom. The average molecular weight is 461 g/mol. The van der Waals surface area contributed by atoms with Crippen molar-refractivity contribution in [1.82, 2.24) is 20.0 Å². The van der Waals surface area contributed by atoms with Crippen molar-refractivity contribution in [1.29, 1.82) is 0 Å². The maximum absolute atomic E-state index is 10.5. The van der Waals surface area contributed by atoms with Gasteiger partial charge in [-0.1, -0.05) is 12.8 Å². The first-order valence-electron chi connectivity index (χ1n) is 9.31. The van der Waals surface area contributed by atoms with E-state index in [4.69, 9.17) is 4.99 Å². The van der Waals surface area contributed by atoms with Crippen molar-refractivity contribution in [3.63, 3.8) is 0 Å². The van der Waals surface area contributed by atoms with Crippen molar-refractivity contribution in [2.24, 2.45) is 18.0 Å². The molecule has 1 aromatic heterocycles. The number of rotatable bonds is 5. The lowest BCUT2D eigenvalue weighted by atomic mass is 10.0. The average Bonchev–Trinajstić information content (AvgIpc) is 3.27. The van der Waals surface area contributed by atoms with E-state index >= 15 is 0 Å². The molecule has 2 heterocycles. The SMILES string of the molecule is CCNC(=NCC1(O)CCCC1)N1CCC(Cc2cnn(C)c2)C1.I. The first-order valence-corrected chi connectivity index (χ1v) is 9.31. The predicted octanol–water partition coefficient (Wildman–Crippen LogP) is 2.17. The standard InChI is InChI=1S/C18H31N5O.HI/c1-3-19-17(20-14-18(24)7-4-5-8-18)23-9-6-15(13-23)10-16-11-21-22(2)12-16;/h11-12,15,24H,3-10,13-14H2,1-2H3,(H,19,20);1H. The fraction of sp³-hybridized carbons (Fsp3) is 0.778. The lowest BCUT2D eigenvalue weighted by molar-refractivity contribution is 0.0572. The zero-order chi connectivity index (χ0) is 17.0. The molecule has 0 spiro atoms. The summed E-state index contributed by atoms with van der Waals surface area (Å²) in [5.41, 5.74) is 0.738. The second kappa shape index (κ2) is 9.21. The van der Waals surface area contributed by atoms with Crippen molar-refractivity contribution in [3.05, 3.63) is 18.0 Å². The van der Waals surface area contributed by atoms with Crippen molar-refractivity contribution in [3.8, 4) is 0 Å². The number of aliphatic hydroxyl groups is 1. The second-order valence-corrected chi connectivity index (χ2v) is 7.43. The van der Waals surface area contributed by atoms with Crippen LogP contribution in [0.1, 0.15) is 44.6 Å². The third-order valence-electron chi connectivity index (χ3n) is 5.26. The molecule has 1 atom stereocenters. The van der Waals surface area contributed by atoms with E-state index in [0.717, 1.165) is 57.7 Å². The summed E-state index contributed by atoms with van der Waals surface area (Å²) >= 11 is 0. The number of aryl methyl sites for hydroxylation is 1. The number of hydrogen-bond donors (Lipinski definition) is 2. The molecule has 1 saturated heterocycles. The molecule has 1 aromatic rings. The van der Waals surface area contributed by atoms with E-state index in [2.05, 4.69) is 28.4 Å². The van der Waals surface area contributed by atoms with Crippen molar-refractivity contribution in [2.45, 2.75) is 51.0 Å². The number of guanidine groups is 1. The number of aliphatic imine (C=N–C) groups is 1. The topological polar surface area (TPSA) is 65.7 Å². The Morgan fingerprint density at radius 3 is 2.84 bits per heavy atom. The molecule has 6 nitrogen and oxygen atoms in total. The van der Waals surface area contributed by atoms with E-state index in [-0.39, 0.29) is 24.0 Å². The molecule has 0 radical (unpaired) electrons. The molecule has 0 amide bonds. The van der Waals surface area contributed by atoms with Gasteiger partial charge in [0, 0.05) is 32.9 Å². The van der Waals surface area contributed by atoms with Gasteiger partial charge in [-0.05, 0) is 44.1 Å². The van der Waals surface area contributed by atoms with Gasteiger partial charge >= 0.3 is 0 Å². The van der Waals surface area contributed by atoms with E-state index in [1.807, 2.05) is 17.9 Å². The Bertz CT molecular complexity index is 568. The molecule has 25 heavy (non-hydrogen) atoms. The van der Waals surface area contributed by atoms with Crippen LogP contribution >= 0.6 is 24.0 Å². The van der Waals surface area contributed by atoms with E-state index in [0.29, 0.717) is 12.5 Å². The zero-order valence-corrected chi connectivity index (χ0v) is 17.8. The minimum absolute atomic E-state index is 0. The maximum Gasteiger partial charge on any atom is 0.194 e. The van der Waals surface area contributed by atoms with Gasteiger partial charge in [-0.3, -0.25) is 9.67 Å². The fourth-order valence-corrected chi connectivity index (χ4v) is 3.94. The van der Waals surface area contributed by atoms with Gasteiger partial charge in [-0.25, -0.2) is 0 Å². The lowest BCUT2D eigenvalue weighted by Crippen LogP contribution is -2.41. The Balaban J connectivity index is 0.00000225. The largest absolute Gasteiger partial charge is 0.388 e. The molecule has 0 bridgehead atoms. The molecule has 1 aliphatic carbocycles. The molecule has 0 aromatic carbocycles. The number of nitrogens with one attached hydrogen (secondary N) is 1. The molecular weight excluding hydrogens is 429 g/mol. The number of aromatic nitrogens is 2. The normalized spacial score (nSPS) is 22.9. The number of nitrogens with zero attached hydrogens (tertiary/aromatic N) is 4. The maximum atomic E-state index is 10.5. The van der Waals surface area contributed by atoms with Crippen LogP contribution in [0.2, 0.25) is 0 Å². The quantitative estimate of drug-likeness (QED) is 0.401. The smallest absolute Gasteiger partial charge is 0.194 e. The monoisotopic (exact) mass is 461 g/mol. The summed E-state index contributed by atoms with van der Waals surface area (Å²) in [5.74, 6) is 1.61. The third kappa shape index (κ3) is 5.57. The van der Waals surface area contributed by atoms with Crippen LogP contribution in [-0.2, 0) is 13.5 Å². The molecule has 1 saturated carbocycles. The Morgan fingerprint density at radius 2 is 2.20 bits per heavy atom. The Hall–Kier alpha value is -0.830. The van der Waals surface area contributed by atoms with Crippen molar-refractivity contribution < 1.29 is 5.11 Å². The molecule has 2 aliphatic rings. The van der Waals surface area contributed by atoms with Crippen molar-refractivity contribution >= 4 is 29.9 Å². The van der Waals surface area contributed by atoms with Crippen LogP contribution in [0.5, 0.6) is 0 Å². The highest BCUT2D eigenvalue weighted by molar-refractivity contribution is 14.0. The highest BCUT2D eigenvalue weighted by Gasteiger charge is 2.32. The molecule has 2 N–H and O–H groups in total. The summed E-state index contributed by atoms with van der Waals surface area (Å²) in [7, 11) is 1.97. The molecule has 2 fully saturated rings. The Kier molecular flexibility index (Phi) is 7.54. The van der Waals surface area contributed by atoms with E-state index in [9.17, 15) is 5.11 Å². The number of likely N-dealkylation sites (tertiary alicyclic amines) is 1. The fourth-order valence-electron chi connectivity index (χ4n) is 3.94. The van der Waals surface area contributed by atoms with Gasteiger partial charge < -0.3 is 15.3 Å². The summed E-state index contributed by atoms with van der Waals surface area (Å²) in [4.78, 5) is 7.11. The van der Waals surface area contributed by atoms with Gasteiger partial charge in [0.2, 0.25) is 0 Å². The van der Waals surface area contributed by atoms with E-state index < -0.39 is 5.60 Å². The van der Waals surface area contributed by atoms with Crippen LogP contribution < -0.4 is 5.32 Å². The Labute approximate surface area is 168 Å². The lowest BCUT2D eigenvalue weighted by Gasteiger charge is -2.24. The van der Waals surface area contributed by atoms with Gasteiger partial charge in [0.15, 0.2) is 5.96 Å². The highest BCUT2D eigenvalue weighted by atomic mass is 127. The molecule has 3 rings (SSSR count). The van der Waals surface area contributed by atoms with Crippen LogP contribution in [0, 0.1) is 5.92 Å². The number of hydrogen-bond acceptors (Lipinski definition) is 3. The first-order chi connectivity index (χ1) is 11.6. The van der Waals surface area contributed by atoms with E-state index in [1.165, 1.54) is 12.0 Å². The first kappa shape index (κ1) is 20.5. The van der Waals surface area contributed by atoms with Gasteiger partial charge in [-0.2, -0.15) is 5.10 Å². The third-order valence-corrected chi connectivity index (χ3v) is 5.26. The molecule has 1 unspecified atom stereocenters. The zero-order valence-electron chi connectivity index (χ0n) is 15.4. The number of halogens is 1.